The van der Waals surface area contributed by atoms with E-state index >= 15 is 0 Å². The van der Waals surface area contributed by atoms with E-state index in [-0.39, 0.29) is 24.5 Å². The quantitative estimate of drug-likeness (QED) is 0.193. The van der Waals surface area contributed by atoms with Gasteiger partial charge in [-0.1, -0.05) is 35.3 Å². The number of nitrogens with one attached hydrogen (secondary N) is 1. The summed E-state index contributed by atoms with van der Waals surface area (Å²) in [5.74, 6) is -0.161. The molecule has 3 rings (SSSR count). The molecule has 0 saturated carbocycles. The molecule has 0 spiro atoms. The first-order valence-corrected chi connectivity index (χ1v) is 11.4. The average molecular weight is 500 g/mol. The minimum atomic E-state index is -0.634. The molecule has 0 saturated heterocycles. The fourth-order valence-electron chi connectivity index (χ4n) is 2.52. The number of aromatic hydroxyl groups is 1. The van der Waals surface area contributed by atoms with Crippen LogP contribution in [0.4, 0.5) is 5.69 Å². The Kier molecular flexibility index (Phi) is 8.74. The summed E-state index contributed by atoms with van der Waals surface area (Å²) < 4.78 is 20.3. The lowest BCUT2D eigenvalue weighted by Crippen LogP contribution is -2.12. The second-order valence-corrected chi connectivity index (χ2v) is 9.36. The molecule has 10 heteroatoms. The molecule has 1 aromatic heterocycles. The highest BCUT2D eigenvalue weighted by Crippen LogP contribution is 2.38. The second-order valence-electron chi connectivity index (χ2n) is 6.19. The maximum Gasteiger partial charge on any atom is 0.342 e. The molecule has 3 aromatic rings. The third kappa shape index (κ3) is 6.95. The summed E-state index contributed by atoms with van der Waals surface area (Å²) in [6, 6.07) is 13.8. The third-order valence-electron chi connectivity index (χ3n) is 3.90. The number of phenols is 1. The van der Waals surface area contributed by atoms with Gasteiger partial charge in [-0.05, 0) is 47.8 Å². The maximum atomic E-state index is 12.2. The van der Waals surface area contributed by atoms with Crippen molar-refractivity contribution in [3.8, 4) is 11.5 Å². The van der Waals surface area contributed by atoms with Crippen molar-refractivity contribution < 1.29 is 24.1 Å². The molecule has 31 heavy (non-hydrogen) atoms. The summed E-state index contributed by atoms with van der Waals surface area (Å²) in [6.45, 7) is 0.720. The van der Waals surface area contributed by atoms with Crippen molar-refractivity contribution in [3.05, 3.63) is 69.0 Å². The van der Waals surface area contributed by atoms with Gasteiger partial charge in [-0.3, -0.25) is 0 Å². The van der Waals surface area contributed by atoms with Crippen molar-refractivity contribution in [1.29, 1.82) is 0 Å². The zero-order valence-corrected chi connectivity index (χ0v) is 19.5. The fraction of sp³-hybridized carbons (Fsp3) is 0.190. The molecular formula is C21H19Cl2NO5S2. The summed E-state index contributed by atoms with van der Waals surface area (Å²) in [6.07, 6.45) is 0. The SMILES string of the molecule is COCc1cccc(OCCOC(=O)c2ccc(NSc3cc(Cl)c(Cl)s3)cc2O)c1. The molecule has 0 bridgehead atoms. The van der Waals surface area contributed by atoms with E-state index in [0.29, 0.717) is 27.4 Å². The smallest absolute Gasteiger partial charge is 0.342 e. The van der Waals surface area contributed by atoms with E-state index in [1.54, 1.807) is 19.2 Å². The van der Waals surface area contributed by atoms with Crippen LogP contribution in [-0.4, -0.2) is 31.4 Å². The summed E-state index contributed by atoms with van der Waals surface area (Å²) >= 11 is 14.5. The number of benzene rings is 2. The number of rotatable bonds is 10. The number of ether oxygens (including phenoxy) is 3. The summed E-state index contributed by atoms with van der Waals surface area (Å²) in [5.41, 5.74) is 1.66. The molecule has 2 N–H and O–H groups in total. The maximum absolute atomic E-state index is 12.2. The van der Waals surface area contributed by atoms with Crippen molar-refractivity contribution in [2.75, 3.05) is 25.0 Å². The van der Waals surface area contributed by atoms with Gasteiger partial charge in [0, 0.05) is 18.9 Å². The molecule has 2 aromatic carbocycles. The van der Waals surface area contributed by atoms with E-state index < -0.39 is 5.97 Å². The Balaban J connectivity index is 1.47. The van der Waals surface area contributed by atoms with Crippen LogP contribution in [0.25, 0.3) is 0 Å². The lowest BCUT2D eigenvalue weighted by molar-refractivity contribution is 0.0447. The van der Waals surface area contributed by atoms with Crippen LogP contribution in [0.5, 0.6) is 11.5 Å². The van der Waals surface area contributed by atoms with E-state index in [2.05, 4.69) is 4.72 Å². The van der Waals surface area contributed by atoms with Gasteiger partial charge in [-0.15, -0.1) is 11.3 Å². The van der Waals surface area contributed by atoms with Crippen LogP contribution in [0.15, 0.2) is 52.7 Å². The third-order valence-corrected chi connectivity index (χ3v) is 6.72. The number of carbonyl (C=O) groups is 1. The fourth-order valence-corrected chi connectivity index (χ4v) is 4.89. The minimum Gasteiger partial charge on any atom is -0.507 e. The van der Waals surface area contributed by atoms with Gasteiger partial charge in [-0.25, -0.2) is 4.79 Å². The molecule has 0 amide bonds. The number of halogens is 2. The standard InChI is InChI=1S/C21H19Cl2NO5S2/c1-27-12-13-3-2-4-15(9-13)28-7-8-29-21(26)16-6-5-14(10-18(16)25)24-31-19-11-17(22)20(23)30-19/h2-6,9-11,24-25H,7-8,12H2,1H3. The first-order valence-electron chi connectivity index (χ1n) is 9.05. The minimum absolute atomic E-state index is 0.0442. The Hall–Kier alpha value is -2.10. The number of esters is 1. The predicted octanol–water partition coefficient (Wildman–Crippen LogP) is 6.26. The highest BCUT2D eigenvalue weighted by atomic mass is 35.5. The normalized spacial score (nSPS) is 10.7. The lowest BCUT2D eigenvalue weighted by Gasteiger charge is -2.10. The van der Waals surface area contributed by atoms with E-state index in [1.807, 2.05) is 24.3 Å². The Morgan fingerprint density at radius 3 is 2.71 bits per heavy atom. The largest absolute Gasteiger partial charge is 0.507 e. The molecule has 0 atom stereocenters. The van der Waals surface area contributed by atoms with Crippen molar-refractivity contribution in [2.24, 2.45) is 0 Å². The van der Waals surface area contributed by atoms with Crippen LogP contribution in [0.2, 0.25) is 9.36 Å². The number of anilines is 1. The molecular weight excluding hydrogens is 481 g/mol. The van der Waals surface area contributed by atoms with Crippen LogP contribution in [-0.2, 0) is 16.1 Å². The van der Waals surface area contributed by atoms with Gasteiger partial charge in [0.25, 0.3) is 0 Å². The molecule has 0 aliphatic heterocycles. The van der Waals surface area contributed by atoms with Gasteiger partial charge < -0.3 is 24.0 Å². The highest BCUT2D eigenvalue weighted by Gasteiger charge is 2.14. The predicted molar refractivity (Wildman–Crippen MR) is 125 cm³/mol. The molecule has 0 radical (unpaired) electrons. The number of methoxy groups -OCH3 is 1. The first-order chi connectivity index (χ1) is 15.0. The first kappa shape index (κ1) is 23.6. The van der Waals surface area contributed by atoms with Gasteiger partial charge in [-0.2, -0.15) is 0 Å². The molecule has 164 valence electrons. The van der Waals surface area contributed by atoms with Crippen LogP contribution < -0.4 is 9.46 Å². The molecule has 0 aliphatic carbocycles. The molecule has 0 fully saturated rings. The van der Waals surface area contributed by atoms with E-state index in [1.165, 1.54) is 35.4 Å². The van der Waals surface area contributed by atoms with Crippen LogP contribution >= 0.6 is 46.5 Å². The van der Waals surface area contributed by atoms with Gasteiger partial charge in [0.05, 0.1) is 15.8 Å². The Morgan fingerprint density at radius 2 is 2.00 bits per heavy atom. The topological polar surface area (TPSA) is 77.0 Å². The average Bonchev–Trinajstić information content (AvgIpc) is 3.07. The number of carbonyl (C=O) groups excluding carboxylic acids is 1. The number of thiophene rings is 1. The van der Waals surface area contributed by atoms with Crippen LogP contribution in [0, 0.1) is 0 Å². The Morgan fingerprint density at radius 1 is 1.16 bits per heavy atom. The molecule has 6 nitrogen and oxygen atoms in total. The molecule has 0 aliphatic rings. The molecule has 0 unspecified atom stereocenters. The van der Waals surface area contributed by atoms with Crippen LogP contribution in [0.1, 0.15) is 15.9 Å². The van der Waals surface area contributed by atoms with Gasteiger partial charge in [0.1, 0.15) is 34.6 Å². The number of phenolic OH excluding ortho intramolecular Hbond substituents is 1. The van der Waals surface area contributed by atoms with Crippen molar-refractivity contribution in [1.82, 2.24) is 0 Å². The summed E-state index contributed by atoms with van der Waals surface area (Å²) in [7, 11) is 1.62. The van der Waals surface area contributed by atoms with Crippen molar-refractivity contribution in [3.63, 3.8) is 0 Å². The number of hydrogen-bond acceptors (Lipinski definition) is 8. The van der Waals surface area contributed by atoms with Crippen LogP contribution in [0.3, 0.4) is 0 Å². The Labute approximate surface area is 198 Å². The zero-order valence-electron chi connectivity index (χ0n) is 16.4. The van der Waals surface area contributed by atoms with E-state index in [9.17, 15) is 9.90 Å². The van der Waals surface area contributed by atoms with Gasteiger partial charge >= 0.3 is 5.97 Å². The van der Waals surface area contributed by atoms with Gasteiger partial charge in [0.15, 0.2) is 0 Å². The van der Waals surface area contributed by atoms with E-state index in [0.717, 1.165) is 9.77 Å². The van der Waals surface area contributed by atoms with Gasteiger partial charge in [0.2, 0.25) is 0 Å². The second kappa shape index (κ2) is 11.5. The monoisotopic (exact) mass is 499 g/mol. The molecule has 1 heterocycles. The Bertz CT molecular complexity index is 1020. The van der Waals surface area contributed by atoms with Crippen molar-refractivity contribution in [2.45, 2.75) is 10.8 Å². The zero-order chi connectivity index (χ0) is 22.2. The van der Waals surface area contributed by atoms with Crippen molar-refractivity contribution >= 4 is 58.1 Å². The van der Waals surface area contributed by atoms with E-state index in [4.69, 9.17) is 37.4 Å². The summed E-state index contributed by atoms with van der Waals surface area (Å²) in [5, 5.41) is 10.7. The summed E-state index contributed by atoms with van der Waals surface area (Å²) in [4.78, 5) is 12.2. The highest BCUT2D eigenvalue weighted by molar-refractivity contribution is 8.02. The number of hydrogen-bond donors (Lipinski definition) is 2. The lowest BCUT2D eigenvalue weighted by atomic mass is 10.2.